The van der Waals surface area contributed by atoms with Gasteiger partial charge in [0, 0.05) is 17.8 Å². The van der Waals surface area contributed by atoms with Gasteiger partial charge in [0.25, 0.3) is 5.91 Å². The Hall–Kier alpha value is -4.00. The average molecular weight is 433 g/mol. The van der Waals surface area contributed by atoms with Gasteiger partial charge in [-0.05, 0) is 48.9 Å². The van der Waals surface area contributed by atoms with Crippen molar-refractivity contribution in [3.8, 4) is 22.6 Å². The molecule has 4 rings (SSSR count). The summed E-state index contributed by atoms with van der Waals surface area (Å²) in [6, 6.07) is 17.7. The largest absolute Gasteiger partial charge is 0.493 e. The first-order chi connectivity index (χ1) is 15.5. The average Bonchev–Trinajstić information content (AvgIpc) is 3.30. The molecule has 0 saturated carbocycles. The Morgan fingerprint density at radius 2 is 1.91 bits per heavy atom. The van der Waals surface area contributed by atoms with Crippen LogP contribution >= 0.6 is 0 Å². The summed E-state index contributed by atoms with van der Waals surface area (Å²) in [7, 11) is 1.53. The number of nitrogens with one attached hydrogen (secondary N) is 1. The van der Waals surface area contributed by atoms with E-state index in [0.29, 0.717) is 34.6 Å². The number of carbonyl (C=O) groups is 1. The zero-order valence-electron chi connectivity index (χ0n) is 17.8. The number of hydrogen-bond donors (Lipinski definition) is 1. The summed E-state index contributed by atoms with van der Waals surface area (Å²) in [4.78, 5) is 24.6. The predicted octanol–water partition coefficient (Wildman–Crippen LogP) is 4.19. The summed E-state index contributed by atoms with van der Waals surface area (Å²) in [5, 5.41) is 3.64. The molecule has 0 bridgehead atoms. The van der Waals surface area contributed by atoms with E-state index in [1.807, 2.05) is 31.2 Å². The third-order valence-electron chi connectivity index (χ3n) is 4.97. The minimum absolute atomic E-state index is 0.0784. The monoisotopic (exact) mass is 433 g/mol. The van der Waals surface area contributed by atoms with E-state index in [0.717, 1.165) is 11.1 Å². The second-order valence-corrected chi connectivity index (χ2v) is 7.39. The van der Waals surface area contributed by atoms with E-state index in [1.54, 1.807) is 42.7 Å². The van der Waals surface area contributed by atoms with Crippen molar-refractivity contribution in [3.63, 3.8) is 0 Å². The molecule has 0 aliphatic rings. The van der Waals surface area contributed by atoms with Crippen LogP contribution in [0, 0.1) is 0 Å². The maximum atomic E-state index is 12.5. The lowest BCUT2D eigenvalue weighted by atomic mass is 10.1. The maximum absolute atomic E-state index is 12.5. The van der Waals surface area contributed by atoms with Gasteiger partial charge in [0.1, 0.15) is 11.5 Å². The molecule has 164 valence electrons. The Morgan fingerprint density at radius 1 is 1.09 bits per heavy atom. The van der Waals surface area contributed by atoms with E-state index < -0.39 is 5.63 Å². The number of ether oxygens (including phenoxy) is 2. The molecular weight excluding hydrogens is 410 g/mol. The Bertz CT molecular complexity index is 1260. The zero-order chi connectivity index (χ0) is 22.5. The molecular formula is C25H23NO6. The van der Waals surface area contributed by atoms with E-state index in [9.17, 15) is 9.59 Å². The van der Waals surface area contributed by atoms with Gasteiger partial charge < -0.3 is 23.6 Å². The summed E-state index contributed by atoms with van der Waals surface area (Å²) < 4.78 is 21.6. The first kappa shape index (κ1) is 21.2. The molecule has 7 heteroatoms. The molecule has 0 aliphatic carbocycles. The highest BCUT2D eigenvalue weighted by Crippen LogP contribution is 2.28. The molecule has 0 spiro atoms. The van der Waals surface area contributed by atoms with Gasteiger partial charge in [-0.2, -0.15) is 0 Å². The summed E-state index contributed by atoms with van der Waals surface area (Å²) in [5.74, 6) is 1.62. The van der Waals surface area contributed by atoms with Crippen LogP contribution in [-0.2, 0) is 11.2 Å². The highest BCUT2D eigenvalue weighted by Gasteiger charge is 2.12. The number of carbonyl (C=O) groups excluding carboxylic acids is 1. The number of benzene rings is 2. The molecule has 0 aliphatic heterocycles. The van der Waals surface area contributed by atoms with Crippen molar-refractivity contribution in [2.75, 3.05) is 13.7 Å². The molecule has 1 N–H and O–H groups in total. The smallest absolute Gasteiger partial charge is 0.344 e. The van der Waals surface area contributed by atoms with Crippen molar-refractivity contribution in [1.82, 2.24) is 5.32 Å². The van der Waals surface area contributed by atoms with Gasteiger partial charge in [-0.25, -0.2) is 4.79 Å². The van der Waals surface area contributed by atoms with Crippen LogP contribution in [0.2, 0.25) is 0 Å². The third-order valence-corrected chi connectivity index (χ3v) is 4.97. The van der Waals surface area contributed by atoms with Crippen LogP contribution in [0.4, 0.5) is 0 Å². The van der Waals surface area contributed by atoms with Crippen molar-refractivity contribution >= 4 is 16.9 Å². The number of methoxy groups -OCH3 is 1. The van der Waals surface area contributed by atoms with Crippen LogP contribution in [0.1, 0.15) is 12.7 Å². The highest BCUT2D eigenvalue weighted by molar-refractivity contribution is 5.86. The van der Waals surface area contributed by atoms with E-state index in [4.69, 9.17) is 18.3 Å². The van der Waals surface area contributed by atoms with Crippen LogP contribution in [0.15, 0.2) is 80.6 Å². The molecule has 0 fully saturated rings. The quantitative estimate of drug-likeness (QED) is 0.419. The Balaban J connectivity index is 1.39. The molecule has 2 aromatic carbocycles. The number of para-hydroxylation sites is 1. The summed E-state index contributed by atoms with van der Waals surface area (Å²) in [6.07, 6.45) is 2.21. The summed E-state index contributed by atoms with van der Waals surface area (Å²) in [5.41, 5.74) is 1.07. The van der Waals surface area contributed by atoms with Crippen LogP contribution in [0.3, 0.4) is 0 Å². The third kappa shape index (κ3) is 4.83. The number of furan rings is 1. The minimum atomic E-state index is -0.458. The Morgan fingerprint density at radius 3 is 2.62 bits per heavy atom. The lowest BCUT2D eigenvalue weighted by molar-refractivity contribution is -0.123. The lowest BCUT2D eigenvalue weighted by Gasteiger charge is -2.13. The molecule has 1 atom stereocenters. The molecule has 2 aromatic heterocycles. The van der Waals surface area contributed by atoms with Gasteiger partial charge in [-0.15, -0.1) is 0 Å². The first-order valence-corrected chi connectivity index (χ1v) is 10.2. The normalized spacial score (nSPS) is 11.8. The van der Waals surface area contributed by atoms with Crippen molar-refractivity contribution in [1.29, 1.82) is 0 Å². The van der Waals surface area contributed by atoms with Gasteiger partial charge in [0.15, 0.2) is 17.9 Å². The number of hydrogen-bond acceptors (Lipinski definition) is 6. The van der Waals surface area contributed by atoms with Crippen LogP contribution in [-0.4, -0.2) is 25.7 Å². The van der Waals surface area contributed by atoms with E-state index in [1.165, 1.54) is 7.11 Å². The molecule has 2 heterocycles. The van der Waals surface area contributed by atoms with E-state index >= 15 is 0 Å². The number of rotatable bonds is 8. The van der Waals surface area contributed by atoms with Gasteiger partial charge in [-0.3, -0.25) is 4.79 Å². The standard InChI is InChI=1S/C25H23NO6/c1-16(13-20-6-4-12-30-20)26-23(27)15-31-19-10-8-17(9-11-19)21-14-18-5-3-7-22(29-2)24(18)32-25(21)28/h3-12,14,16H,13,15H2,1-2H3,(H,26,27)/t16-/m0/s1. The van der Waals surface area contributed by atoms with Crippen LogP contribution in [0.5, 0.6) is 11.5 Å². The fraction of sp³-hybridized carbons (Fsp3) is 0.200. The van der Waals surface area contributed by atoms with Gasteiger partial charge in [0.05, 0.1) is 18.9 Å². The predicted molar refractivity (Wildman–Crippen MR) is 120 cm³/mol. The van der Waals surface area contributed by atoms with E-state index in [2.05, 4.69) is 5.32 Å². The molecule has 1 amide bonds. The van der Waals surface area contributed by atoms with Crippen molar-refractivity contribution < 1.29 is 23.1 Å². The van der Waals surface area contributed by atoms with Crippen molar-refractivity contribution in [3.05, 3.63) is 83.1 Å². The minimum Gasteiger partial charge on any atom is -0.493 e. The van der Waals surface area contributed by atoms with Gasteiger partial charge >= 0.3 is 5.63 Å². The zero-order valence-corrected chi connectivity index (χ0v) is 17.8. The topological polar surface area (TPSA) is 90.9 Å². The Kier molecular flexibility index (Phi) is 6.26. The van der Waals surface area contributed by atoms with E-state index in [-0.39, 0.29) is 18.6 Å². The fourth-order valence-electron chi connectivity index (χ4n) is 3.46. The Labute approximate surface area is 184 Å². The number of fused-ring (bicyclic) bond motifs is 1. The molecule has 7 nitrogen and oxygen atoms in total. The molecule has 0 unspecified atom stereocenters. The highest BCUT2D eigenvalue weighted by atomic mass is 16.5. The van der Waals surface area contributed by atoms with Crippen molar-refractivity contribution in [2.45, 2.75) is 19.4 Å². The molecule has 0 saturated heterocycles. The second kappa shape index (κ2) is 9.43. The summed E-state index contributed by atoms with van der Waals surface area (Å²) >= 11 is 0. The first-order valence-electron chi connectivity index (χ1n) is 10.2. The van der Waals surface area contributed by atoms with Crippen molar-refractivity contribution in [2.24, 2.45) is 0 Å². The fourth-order valence-corrected chi connectivity index (χ4v) is 3.46. The lowest BCUT2D eigenvalue weighted by Crippen LogP contribution is -2.37. The van der Waals surface area contributed by atoms with Crippen LogP contribution < -0.4 is 20.4 Å². The molecule has 0 radical (unpaired) electrons. The van der Waals surface area contributed by atoms with Gasteiger partial charge in [-0.1, -0.05) is 24.3 Å². The SMILES string of the molecule is COc1cccc2cc(-c3ccc(OCC(=O)N[C@@H](C)Cc4ccco4)cc3)c(=O)oc12. The molecule has 32 heavy (non-hydrogen) atoms. The molecule has 4 aromatic rings. The number of amides is 1. The van der Waals surface area contributed by atoms with Gasteiger partial charge in [0.2, 0.25) is 0 Å². The van der Waals surface area contributed by atoms with Crippen LogP contribution in [0.25, 0.3) is 22.1 Å². The summed E-state index contributed by atoms with van der Waals surface area (Å²) in [6.45, 7) is 1.79. The second-order valence-electron chi connectivity index (χ2n) is 7.39. The maximum Gasteiger partial charge on any atom is 0.344 e.